The van der Waals surface area contributed by atoms with Crippen molar-refractivity contribution in [3.63, 3.8) is 0 Å². The normalized spacial score (nSPS) is 11.1. The first-order valence-corrected chi connectivity index (χ1v) is 9.34. The van der Waals surface area contributed by atoms with Crippen LogP contribution in [0.4, 0.5) is 0 Å². The SMILES string of the molecule is CCNC(=NCCc1ccncc1C)N(C)Cc1ccc(Br)s1.I. The number of thiophene rings is 1. The van der Waals surface area contributed by atoms with Gasteiger partial charge in [-0.1, -0.05) is 0 Å². The Bertz CT molecular complexity index is 660. The lowest BCUT2D eigenvalue weighted by molar-refractivity contribution is 0.481. The molecule has 2 rings (SSSR count). The standard InChI is InChI=1S/C17H23BrN4S.HI/c1-4-20-17(22(3)12-15-5-6-16(18)23-15)21-10-8-14-7-9-19-11-13(14)2;/h5-7,9,11H,4,8,10,12H2,1-3H3,(H,20,21);1H. The molecule has 1 N–H and O–H groups in total. The summed E-state index contributed by atoms with van der Waals surface area (Å²) in [6, 6.07) is 6.31. The predicted molar refractivity (Wildman–Crippen MR) is 118 cm³/mol. The van der Waals surface area contributed by atoms with E-state index in [0.29, 0.717) is 0 Å². The molecule has 0 fully saturated rings. The molecule has 0 aliphatic rings. The van der Waals surface area contributed by atoms with E-state index < -0.39 is 0 Å². The molecule has 0 saturated heterocycles. The summed E-state index contributed by atoms with van der Waals surface area (Å²) in [6.45, 7) is 6.68. The Balaban J connectivity index is 0.00000288. The molecule has 0 unspecified atom stereocenters. The van der Waals surface area contributed by atoms with E-state index >= 15 is 0 Å². The smallest absolute Gasteiger partial charge is 0.193 e. The zero-order valence-electron chi connectivity index (χ0n) is 14.3. The Morgan fingerprint density at radius 3 is 2.79 bits per heavy atom. The van der Waals surface area contributed by atoms with Crippen molar-refractivity contribution >= 4 is 57.2 Å². The maximum Gasteiger partial charge on any atom is 0.193 e. The molecule has 0 saturated carbocycles. The molecule has 132 valence electrons. The lowest BCUT2D eigenvalue weighted by atomic mass is 10.1. The number of hydrogen-bond acceptors (Lipinski definition) is 3. The van der Waals surface area contributed by atoms with Gasteiger partial charge in [-0.3, -0.25) is 9.98 Å². The number of hydrogen-bond donors (Lipinski definition) is 1. The summed E-state index contributed by atoms with van der Waals surface area (Å²) >= 11 is 5.27. The molecule has 2 aromatic rings. The lowest BCUT2D eigenvalue weighted by Gasteiger charge is -2.21. The van der Waals surface area contributed by atoms with Crippen LogP contribution in [0.5, 0.6) is 0 Å². The van der Waals surface area contributed by atoms with Gasteiger partial charge in [-0.15, -0.1) is 35.3 Å². The van der Waals surface area contributed by atoms with E-state index in [1.54, 1.807) is 11.3 Å². The van der Waals surface area contributed by atoms with E-state index in [-0.39, 0.29) is 24.0 Å². The number of halogens is 2. The van der Waals surface area contributed by atoms with Crippen LogP contribution in [0.25, 0.3) is 0 Å². The van der Waals surface area contributed by atoms with Gasteiger partial charge in [0, 0.05) is 37.4 Å². The van der Waals surface area contributed by atoms with Gasteiger partial charge < -0.3 is 10.2 Å². The fourth-order valence-electron chi connectivity index (χ4n) is 2.28. The number of aromatic nitrogens is 1. The van der Waals surface area contributed by atoms with Gasteiger partial charge in [-0.25, -0.2) is 0 Å². The molecule has 2 aromatic heterocycles. The van der Waals surface area contributed by atoms with Crippen molar-refractivity contribution in [1.29, 1.82) is 0 Å². The van der Waals surface area contributed by atoms with Crippen molar-refractivity contribution in [1.82, 2.24) is 15.2 Å². The van der Waals surface area contributed by atoms with Gasteiger partial charge in [0.1, 0.15) is 0 Å². The average molecular weight is 523 g/mol. The molecule has 2 heterocycles. The molecule has 0 radical (unpaired) electrons. The first kappa shape index (κ1) is 21.4. The molecule has 0 aliphatic carbocycles. The van der Waals surface area contributed by atoms with Gasteiger partial charge in [-0.2, -0.15) is 0 Å². The predicted octanol–water partition coefficient (Wildman–Crippen LogP) is 4.47. The quantitative estimate of drug-likeness (QED) is 0.345. The second-order valence-electron chi connectivity index (χ2n) is 5.35. The van der Waals surface area contributed by atoms with Gasteiger partial charge in [0.05, 0.1) is 10.3 Å². The Hall–Kier alpha value is -0.670. The van der Waals surface area contributed by atoms with Crippen LogP contribution in [0.2, 0.25) is 0 Å². The Morgan fingerprint density at radius 2 is 2.17 bits per heavy atom. The summed E-state index contributed by atoms with van der Waals surface area (Å²) in [5, 5.41) is 3.37. The van der Waals surface area contributed by atoms with Gasteiger partial charge in [0.25, 0.3) is 0 Å². The Labute approximate surface area is 173 Å². The maximum atomic E-state index is 4.76. The Morgan fingerprint density at radius 1 is 1.38 bits per heavy atom. The largest absolute Gasteiger partial charge is 0.357 e. The van der Waals surface area contributed by atoms with Crippen LogP contribution >= 0.6 is 51.2 Å². The molecule has 4 nitrogen and oxygen atoms in total. The number of nitrogens with zero attached hydrogens (tertiary/aromatic N) is 3. The summed E-state index contributed by atoms with van der Waals surface area (Å²) in [4.78, 5) is 12.4. The van der Waals surface area contributed by atoms with Crippen LogP contribution in [0.1, 0.15) is 22.9 Å². The first-order valence-electron chi connectivity index (χ1n) is 7.73. The van der Waals surface area contributed by atoms with Gasteiger partial charge >= 0.3 is 0 Å². The molecule has 0 aliphatic heterocycles. The highest BCUT2D eigenvalue weighted by molar-refractivity contribution is 14.0. The number of guanidine groups is 1. The van der Waals surface area contributed by atoms with Crippen molar-refractivity contribution in [3.8, 4) is 0 Å². The molecular formula is C17H24BrIN4S. The van der Waals surface area contributed by atoms with Crippen molar-refractivity contribution < 1.29 is 0 Å². The topological polar surface area (TPSA) is 40.5 Å². The average Bonchev–Trinajstić information content (AvgIpc) is 2.93. The third kappa shape index (κ3) is 6.68. The Kier molecular flexibility index (Phi) is 9.84. The molecule has 0 bridgehead atoms. The zero-order chi connectivity index (χ0) is 16.7. The van der Waals surface area contributed by atoms with Gasteiger partial charge in [0.2, 0.25) is 0 Å². The fourth-order valence-corrected chi connectivity index (χ4v) is 3.82. The van der Waals surface area contributed by atoms with Crippen LogP contribution in [0.3, 0.4) is 0 Å². The number of rotatable bonds is 6. The van der Waals surface area contributed by atoms with Crippen LogP contribution < -0.4 is 5.32 Å². The minimum Gasteiger partial charge on any atom is -0.357 e. The van der Waals surface area contributed by atoms with Crippen LogP contribution in [0.15, 0.2) is 39.4 Å². The summed E-state index contributed by atoms with van der Waals surface area (Å²) in [5.74, 6) is 0.948. The zero-order valence-corrected chi connectivity index (χ0v) is 19.0. The molecule has 0 spiro atoms. The monoisotopic (exact) mass is 522 g/mol. The number of aliphatic imine (C=N–C) groups is 1. The second-order valence-corrected chi connectivity index (χ2v) is 7.90. The maximum absolute atomic E-state index is 4.76. The first-order chi connectivity index (χ1) is 11.1. The summed E-state index contributed by atoms with van der Waals surface area (Å²) < 4.78 is 1.16. The highest BCUT2D eigenvalue weighted by Crippen LogP contribution is 2.22. The van der Waals surface area contributed by atoms with Crippen molar-refractivity contribution in [3.05, 3.63) is 50.4 Å². The summed E-state index contributed by atoms with van der Waals surface area (Å²) in [5.41, 5.74) is 2.54. The van der Waals surface area contributed by atoms with Crippen LogP contribution in [-0.2, 0) is 13.0 Å². The van der Waals surface area contributed by atoms with Crippen molar-refractivity contribution in [2.45, 2.75) is 26.8 Å². The second kappa shape index (κ2) is 11.0. The molecule has 0 amide bonds. The fraction of sp³-hybridized carbons (Fsp3) is 0.412. The minimum atomic E-state index is 0. The van der Waals surface area contributed by atoms with E-state index in [1.807, 2.05) is 12.4 Å². The van der Waals surface area contributed by atoms with E-state index in [0.717, 1.165) is 35.8 Å². The van der Waals surface area contributed by atoms with Crippen LogP contribution in [0, 0.1) is 6.92 Å². The molecule has 0 aromatic carbocycles. The molecule has 7 heteroatoms. The van der Waals surface area contributed by atoms with E-state index in [9.17, 15) is 0 Å². The summed E-state index contributed by atoms with van der Waals surface area (Å²) in [7, 11) is 2.08. The third-order valence-electron chi connectivity index (χ3n) is 3.50. The minimum absolute atomic E-state index is 0. The molecule has 24 heavy (non-hydrogen) atoms. The van der Waals surface area contributed by atoms with Gasteiger partial charge in [0.15, 0.2) is 5.96 Å². The molecule has 0 atom stereocenters. The van der Waals surface area contributed by atoms with E-state index in [4.69, 9.17) is 4.99 Å². The number of pyridine rings is 1. The van der Waals surface area contributed by atoms with Crippen molar-refractivity contribution in [2.24, 2.45) is 4.99 Å². The molecular weight excluding hydrogens is 499 g/mol. The number of nitrogens with one attached hydrogen (secondary N) is 1. The highest BCUT2D eigenvalue weighted by Gasteiger charge is 2.08. The lowest BCUT2D eigenvalue weighted by Crippen LogP contribution is -2.38. The highest BCUT2D eigenvalue weighted by atomic mass is 127. The van der Waals surface area contributed by atoms with Crippen LogP contribution in [-0.4, -0.2) is 36.0 Å². The third-order valence-corrected chi connectivity index (χ3v) is 5.11. The van der Waals surface area contributed by atoms with E-state index in [2.05, 4.69) is 70.2 Å². The van der Waals surface area contributed by atoms with Gasteiger partial charge in [-0.05, 0) is 65.5 Å². The number of aryl methyl sites for hydroxylation is 1. The van der Waals surface area contributed by atoms with Crippen molar-refractivity contribution in [2.75, 3.05) is 20.1 Å². The summed E-state index contributed by atoms with van der Waals surface area (Å²) in [6.07, 6.45) is 4.69. The van der Waals surface area contributed by atoms with E-state index in [1.165, 1.54) is 16.0 Å².